The van der Waals surface area contributed by atoms with E-state index in [9.17, 15) is 8.42 Å². The summed E-state index contributed by atoms with van der Waals surface area (Å²) in [4.78, 5) is 0. The van der Waals surface area contributed by atoms with Crippen molar-refractivity contribution < 1.29 is 8.42 Å². The Labute approximate surface area is 126 Å². The van der Waals surface area contributed by atoms with Crippen LogP contribution >= 0.6 is 0 Å². The van der Waals surface area contributed by atoms with E-state index in [-0.39, 0.29) is 0 Å². The fourth-order valence-corrected chi connectivity index (χ4v) is 2.63. The molecule has 0 amide bonds. The highest BCUT2D eigenvalue weighted by Gasteiger charge is 2.02. The maximum Gasteiger partial charge on any atom is 0.229 e. The minimum Gasteiger partial charge on any atom is -0.381 e. The van der Waals surface area contributed by atoms with Gasteiger partial charge in [0.1, 0.15) is 0 Å². The van der Waals surface area contributed by atoms with Gasteiger partial charge in [-0.05, 0) is 42.3 Å². The van der Waals surface area contributed by atoms with Crippen LogP contribution in [0.1, 0.15) is 18.9 Å². The standard InChI is InChI=1S/C15H21N3O2S/c1-3-9-18-10-8-13(12-18)11-16-14-4-6-15(7-5-14)17-21(2,19)20/h4-8,10,12,16-17H,3,9,11H2,1-2H3. The van der Waals surface area contributed by atoms with Crippen molar-refractivity contribution >= 4 is 21.4 Å². The Morgan fingerprint density at radius 1 is 1.10 bits per heavy atom. The molecule has 0 atom stereocenters. The molecular weight excluding hydrogens is 286 g/mol. The lowest BCUT2D eigenvalue weighted by Crippen LogP contribution is -2.09. The van der Waals surface area contributed by atoms with Gasteiger partial charge in [0.25, 0.3) is 0 Å². The van der Waals surface area contributed by atoms with Crippen molar-refractivity contribution in [3.05, 3.63) is 48.3 Å². The molecule has 0 saturated heterocycles. The van der Waals surface area contributed by atoms with Gasteiger partial charge in [-0.3, -0.25) is 4.72 Å². The summed E-state index contributed by atoms with van der Waals surface area (Å²) in [5.41, 5.74) is 2.75. The summed E-state index contributed by atoms with van der Waals surface area (Å²) in [6.07, 6.45) is 6.48. The van der Waals surface area contributed by atoms with E-state index in [1.54, 1.807) is 12.1 Å². The number of aryl methyl sites for hydroxylation is 1. The highest BCUT2D eigenvalue weighted by molar-refractivity contribution is 7.92. The average Bonchev–Trinajstić information content (AvgIpc) is 2.84. The molecule has 0 fully saturated rings. The zero-order valence-corrected chi connectivity index (χ0v) is 13.2. The van der Waals surface area contributed by atoms with Crippen LogP contribution in [0.2, 0.25) is 0 Å². The van der Waals surface area contributed by atoms with Crippen molar-refractivity contribution in [2.24, 2.45) is 0 Å². The van der Waals surface area contributed by atoms with Crippen LogP contribution in [-0.2, 0) is 23.1 Å². The first-order valence-electron chi connectivity index (χ1n) is 6.92. The van der Waals surface area contributed by atoms with Gasteiger partial charge in [-0.25, -0.2) is 8.42 Å². The van der Waals surface area contributed by atoms with Gasteiger partial charge >= 0.3 is 0 Å². The molecule has 2 N–H and O–H groups in total. The van der Waals surface area contributed by atoms with Crippen LogP contribution < -0.4 is 10.0 Å². The topological polar surface area (TPSA) is 63.1 Å². The number of hydrogen-bond acceptors (Lipinski definition) is 3. The van der Waals surface area contributed by atoms with Crippen LogP contribution in [0.5, 0.6) is 0 Å². The molecule has 0 unspecified atom stereocenters. The third-order valence-electron chi connectivity index (χ3n) is 2.98. The number of benzene rings is 1. The number of sulfonamides is 1. The van der Waals surface area contributed by atoms with Gasteiger partial charge in [0, 0.05) is 36.9 Å². The Kier molecular flexibility index (Phi) is 4.90. The predicted octanol–water partition coefficient (Wildman–Crippen LogP) is 2.88. The minimum absolute atomic E-state index is 0.567. The van der Waals surface area contributed by atoms with Crippen molar-refractivity contribution in [1.82, 2.24) is 4.57 Å². The SMILES string of the molecule is CCCn1ccc(CNc2ccc(NS(C)(=O)=O)cc2)c1. The molecule has 0 spiro atoms. The fraction of sp³-hybridized carbons (Fsp3) is 0.333. The smallest absolute Gasteiger partial charge is 0.229 e. The molecule has 5 nitrogen and oxygen atoms in total. The molecule has 0 aliphatic carbocycles. The van der Waals surface area contributed by atoms with E-state index >= 15 is 0 Å². The zero-order valence-electron chi connectivity index (χ0n) is 12.3. The van der Waals surface area contributed by atoms with Crippen molar-refractivity contribution in [3.8, 4) is 0 Å². The Balaban J connectivity index is 1.91. The lowest BCUT2D eigenvalue weighted by atomic mass is 10.2. The first-order valence-corrected chi connectivity index (χ1v) is 8.82. The predicted molar refractivity (Wildman–Crippen MR) is 87.0 cm³/mol. The average molecular weight is 307 g/mol. The number of aromatic nitrogens is 1. The highest BCUT2D eigenvalue weighted by Crippen LogP contribution is 2.15. The molecule has 21 heavy (non-hydrogen) atoms. The van der Waals surface area contributed by atoms with Gasteiger partial charge < -0.3 is 9.88 Å². The molecular formula is C15H21N3O2S. The summed E-state index contributed by atoms with van der Waals surface area (Å²) in [5, 5.41) is 3.32. The molecule has 0 aliphatic rings. The number of rotatable bonds is 7. The van der Waals surface area contributed by atoms with Gasteiger partial charge in [-0.1, -0.05) is 6.92 Å². The van der Waals surface area contributed by atoms with Crippen molar-refractivity contribution in [1.29, 1.82) is 0 Å². The van der Waals surface area contributed by atoms with Crippen LogP contribution in [0.3, 0.4) is 0 Å². The fourth-order valence-electron chi connectivity index (χ4n) is 2.07. The first-order chi connectivity index (χ1) is 9.96. The summed E-state index contributed by atoms with van der Waals surface area (Å²) < 4.78 is 26.9. The summed E-state index contributed by atoms with van der Waals surface area (Å²) in [6, 6.07) is 9.30. The van der Waals surface area contributed by atoms with Crippen LogP contribution in [0.25, 0.3) is 0 Å². The first kappa shape index (κ1) is 15.4. The Bertz CT molecular complexity index is 675. The van der Waals surface area contributed by atoms with Crippen molar-refractivity contribution in [3.63, 3.8) is 0 Å². The number of nitrogens with zero attached hydrogens (tertiary/aromatic N) is 1. The second-order valence-corrected chi connectivity index (χ2v) is 6.81. The second kappa shape index (κ2) is 6.67. The Morgan fingerprint density at radius 3 is 2.38 bits per heavy atom. The third-order valence-corrected chi connectivity index (χ3v) is 3.58. The second-order valence-electron chi connectivity index (χ2n) is 5.06. The van der Waals surface area contributed by atoms with Gasteiger partial charge in [-0.15, -0.1) is 0 Å². The molecule has 0 radical (unpaired) electrons. The Hall–Kier alpha value is -1.95. The quantitative estimate of drug-likeness (QED) is 0.827. The van der Waals surface area contributed by atoms with E-state index in [1.807, 2.05) is 12.1 Å². The van der Waals surface area contributed by atoms with Crippen LogP contribution in [0, 0.1) is 0 Å². The molecule has 0 aliphatic heterocycles. The van der Waals surface area contributed by atoms with Crippen LogP contribution in [-0.4, -0.2) is 19.2 Å². The van der Waals surface area contributed by atoms with E-state index in [1.165, 1.54) is 5.56 Å². The molecule has 2 rings (SSSR count). The van der Waals surface area contributed by atoms with Crippen LogP contribution in [0.4, 0.5) is 11.4 Å². The van der Waals surface area contributed by atoms with E-state index in [0.29, 0.717) is 5.69 Å². The molecule has 2 aromatic rings. The normalized spacial score (nSPS) is 11.3. The van der Waals surface area contributed by atoms with Crippen LogP contribution in [0.15, 0.2) is 42.7 Å². The maximum atomic E-state index is 11.1. The summed E-state index contributed by atoms with van der Waals surface area (Å²) in [7, 11) is -3.22. The van der Waals surface area contributed by atoms with E-state index in [0.717, 1.165) is 31.5 Å². The summed E-state index contributed by atoms with van der Waals surface area (Å²) in [6.45, 7) is 3.94. The Morgan fingerprint density at radius 2 is 1.76 bits per heavy atom. The summed E-state index contributed by atoms with van der Waals surface area (Å²) >= 11 is 0. The minimum atomic E-state index is -3.22. The highest BCUT2D eigenvalue weighted by atomic mass is 32.2. The molecule has 6 heteroatoms. The maximum absolute atomic E-state index is 11.1. The van der Waals surface area contributed by atoms with E-state index in [4.69, 9.17) is 0 Å². The van der Waals surface area contributed by atoms with Crippen molar-refractivity contribution in [2.75, 3.05) is 16.3 Å². The monoisotopic (exact) mass is 307 g/mol. The zero-order chi connectivity index (χ0) is 15.3. The molecule has 1 aromatic heterocycles. The van der Waals surface area contributed by atoms with E-state index in [2.05, 4.69) is 40.0 Å². The lowest BCUT2D eigenvalue weighted by Gasteiger charge is -2.07. The van der Waals surface area contributed by atoms with E-state index < -0.39 is 10.0 Å². The molecule has 114 valence electrons. The number of nitrogens with one attached hydrogen (secondary N) is 2. The number of anilines is 2. The van der Waals surface area contributed by atoms with Gasteiger partial charge in [0.15, 0.2) is 0 Å². The van der Waals surface area contributed by atoms with Gasteiger partial charge in [0.05, 0.1) is 6.26 Å². The largest absolute Gasteiger partial charge is 0.381 e. The molecule has 0 bridgehead atoms. The molecule has 1 heterocycles. The number of hydrogen-bond donors (Lipinski definition) is 2. The van der Waals surface area contributed by atoms with Crippen molar-refractivity contribution in [2.45, 2.75) is 26.4 Å². The third kappa shape index (κ3) is 5.15. The lowest BCUT2D eigenvalue weighted by molar-refractivity contribution is 0.607. The summed E-state index contributed by atoms with van der Waals surface area (Å²) in [5.74, 6) is 0. The molecule has 0 saturated carbocycles. The molecule has 1 aromatic carbocycles. The van der Waals surface area contributed by atoms with Gasteiger partial charge in [0.2, 0.25) is 10.0 Å². The van der Waals surface area contributed by atoms with Gasteiger partial charge in [-0.2, -0.15) is 0 Å².